The van der Waals surface area contributed by atoms with Gasteiger partial charge in [0.2, 0.25) is 5.78 Å². The summed E-state index contributed by atoms with van der Waals surface area (Å²) < 4.78 is 0. The van der Waals surface area contributed by atoms with Crippen LogP contribution < -0.4 is 10.6 Å². The van der Waals surface area contributed by atoms with Crippen molar-refractivity contribution in [2.75, 3.05) is 46.7 Å². The van der Waals surface area contributed by atoms with Gasteiger partial charge >= 0.3 is 5.91 Å². The fraction of sp³-hybridized carbons (Fsp3) is 0.464. The van der Waals surface area contributed by atoms with Crippen LogP contribution in [0.3, 0.4) is 0 Å². The van der Waals surface area contributed by atoms with Crippen LogP contribution in [0.25, 0.3) is 5.76 Å². The Morgan fingerprint density at radius 2 is 1.82 bits per heavy atom. The third-order valence-corrected chi connectivity index (χ3v) is 8.17. The van der Waals surface area contributed by atoms with E-state index in [2.05, 4.69) is 12.3 Å². The summed E-state index contributed by atoms with van der Waals surface area (Å²) in [6.07, 6.45) is 2.04. The molecule has 0 saturated heterocycles. The number of Topliss-reactive ketones (excluding diaryl/α,β-unsaturated/α-hetero) is 2. The number of phenolic OH excluding ortho intramolecular Hbond substituents is 1. The fourth-order valence-electron chi connectivity index (χ4n) is 6.47. The Bertz CT molecular complexity index is 1350. The van der Waals surface area contributed by atoms with Gasteiger partial charge in [0.15, 0.2) is 22.7 Å². The third-order valence-electron chi connectivity index (χ3n) is 8.17. The van der Waals surface area contributed by atoms with Crippen LogP contribution >= 0.6 is 0 Å². The van der Waals surface area contributed by atoms with Crippen molar-refractivity contribution in [3.05, 3.63) is 52.3 Å². The molecule has 0 spiro atoms. The molecular formula is C28H37N4O7+. The molecule has 0 heterocycles. The predicted molar refractivity (Wildman–Crippen MR) is 144 cm³/mol. The van der Waals surface area contributed by atoms with Gasteiger partial charge in [-0.25, -0.2) is 4.79 Å². The van der Waals surface area contributed by atoms with Crippen LogP contribution in [-0.4, -0.2) is 101 Å². The van der Waals surface area contributed by atoms with Gasteiger partial charge in [-0.2, -0.15) is 0 Å². The molecule has 39 heavy (non-hydrogen) atoms. The molecule has 11 nitrogen and oxygen atoms in total. The Labute approximate surface area is 227 Å². The molecule has 4 rings (SSSR count). The number of aliphatic hydroxyl groups is 3. The molecule has 11 heteroatoms. The number of likely N-dealkylation sites (N-methyl/N-ethyl adjacent to an activating group) is 2. The number of quaternary nitrogens is 1. The smallest absolute Gasteiger partial charge is 0.348 e. The molecular weight excluding hydrogens is 504 g/mol. The highest BCUT2D eigenvalue weighted by Crippen LogP contribution is 2.54. The van der Waals surface area contributed by atoms with Gasteiger partial charge in [0.05, 0.1) is 11.6 Å². The SMILES string of the molecule is C=CCN(C)Cc1cc(N(C)C)c2c(c1O)C(O)=C1C(=O)C3(O)C(O)=C(C([NH3+])=O)C(=O)C(N(C)C)C3CC1C2. The van der Waals surface area contributed by atoms with Gasteiger partial charge in [0.1, 0.15) is 11.5 Å². The molecule has 0 radical (unpaired) electrons. The zero-order chi connectivity index (χ0) is 29.1. The first-order valence-electron chi connectivity index (χ1n) is 12.7. The molecule has 1 fully saturated rings. The van der Waals surface area contributed by atoms with E-state index in [1.165, 1.54) is 4.90 Å². The molecule has 0 aliphatic heterocycles. The summed E-state index contributed by atoms with van der Waals surface area (Å²) in [6.45, 7) is 4.63. The van der Waals surface area contributed by atoms with E-state index < -0.39 is 58.0 Å². The monoisotopic (exact) mass is 541 g/mol. The van der Waals surface area contributed by atoms with Crippen molar-refractivity contribution in [2.24, 2.45) is 11.8 Å². The van der Waals surface area contributed by atoms with Gasteiger partial charge < -0.3 is 25.3 Å². The van der Waals surface area contributed by atoms with E-state index in [0.717, 1.165) is 5.69 Å². The van der Waals surface area contributed by atoms with E-state index in [4.69, 9.17) is 0 Å². The number of anilines is 1. The molecule has 4 atom stereocenters. The molecule has 7 N–H and O–H groups in total. The van der Waals surface area contributed by atoms with E-state index in [1.807, 2.05) is 37.0 Å². The lowest BCUT2D eigenvalue weighted by molar-refractivity contribution is -0.299. The third kappa shape index (κ3) is 4.17. The lowest BCUT2D eigenvalue weighted by Crippen LogP contribution is -2.68. The Kier molecular flexibility index (Phi) is 7.24. The molecule has 1 saturated carbocycles. The van der Waals surface area contributed by atoms with Crippen LogP contribution in [0.4, 0.5) is 5.69 Å². The topological polar surface area (TPSA) is 169 Å². The zero-order valence-corrected chi connectivity index (χ0v) is 23.0. The van der Waals surface area contributed by atoms with Crippen molar-refractivity contribution in [3.8, 4) is 5.75 Å². The molecule has 1 amide bonds. The normalized spacial score (nSPS) is 26.5. The van der Waals surface area contributed by atoms with Crippen molar-refractivity contribution in [1.29, 1.82) is 0 Å². The van der Waals surface area contributed by atoms with Gasteiger partial charge in [-0.1, -0.05) is 6.08 Å². The second-order valence-electron chi connectivity index (χ2n) is 11.2. The van der Waals surface area contributed by atoms with Gasteiger partial charge in [-0.3, -0.25) is 25.1 Å². The lowest BCUT2D eigenvalue weighted by atomic mass is 9.57. The average molecular weight is 542 g/mol. The number of fused-ring (bicyclic) bond motifs is 3. The second kappa shape index (κ2) is 9.91. The maximum absolute atomic E-state index is 14.0. The highest BCUT2D eigenvalue weighted by molar-refractivity contribution is 6.22. The highest BCUT2D eigenvalue weighted by atomic mass is 16.3. The lowest BCUT2D eigenvalue weighted by Gasteiger charge is -2.50. The van der Waals surface area contributed by atoms with E-state index in [9.17, 15) is 34.8 Å². The van der Waals surface area contributed by atoms with E-state index in [1.54, 1.807) is 20.2 Å². The van der Waals surface area contributed by atoms with Crippen molar-refractivity contribution >= 4 is 28.9 Å². The van der Waals surface area contributed by atoms with Crippen LogP contribution in [0.5, 0.6) is 5.75 Å². The number of ketones is 2. The van der Waals surface area contributed by atoms with Crippen LogP contribution in [0.2, 0.25) is 0 Å². The standard InChI is InChI=1S/C28H36N4O7/c1-7-8-32(6)12-14-11-17(30(2)3)15-9-13-10-16-21(31(4)5)24(35)20(27(29)38)26(37)28(16,39)25(36)18(13)23(34)19(15)22(14)33/h7,11,13,16,21,33-34,37,39H,1,8-10,12H2,2-6H3,(H2,29,38)/p+1. The quantitative estimate of drug-likeness (QED) is 0.233. The number of aromatic hydroxyl groups is 1. The zero-order valence-electron chi connectivity index (χ0n) is 23.0. The molecule has 3 aliphatic carbocycles. The first-order valence-corrected chi connectivity index (χ1v) is 12.7. The molecule has 0 aromatic heterocycles. The van der Waals surface area contributed by atoms with Gasteiger partial charge in [0, 0.05) is 49.9 Å². The molecule has 0 bridgehead atoms. The van der Waals surface area contributed by atoms with Crippen LogP contribution in [0.1, 0.15) is 23.1 Å². The van der Waals surface area contributed by atoms with Crippen molar-refractivity contribution in [2.45, 2.75) is 31.0 Å². The number of hydrogen-bond acceptors (Lipinski definition) is 10. The number of amides is 1. The Morgan fingerprint density at radius 3 is 2.36 bits per heavy atom. The number of hydrogen-bond donors (Lipinski definition) is 5. The predicted octanol–water partition coefficient (Wildman–Crippen LogP) is -0.0690. The summed E-state index contributed by atoms with van der Waals surface area (Å²) in [5.74, 6) is -6.13. The summed E-state index contributed by atoms with van der Waals surface area (Å²) in [6, 6.07) is 0.769. The van der Waals surface area contributed by atoms with Crippen LogP contribution in [0, 0.1) is 11.8 Å². The Balaban J connectivity index is 1.96. The number of carbonyl (C=O) groups is 3. The first kappa shape index (κ1) is 28.5. The van der Waals surface area contributed by atoms with Crippen LogP contribution in [0.15, 0.2) is 35.6 Å². The van der Waals surface area contributed by atoms with E-state index in [0.29, 0.717) is 24.2 Å². The van der Waals surface area contributed by atoms with Crippen molar-refractivity contribution in [3.63, 3.8) is 0 Å². The highest BCUT2D eigenvalue weighted by Gasteiger charge is 2.64. The number of benzene rings is 1. The molecule has 1 aromatic carbocycles. The van der Waals surface area contributed by atoms with E-state index >= 15 is 0 Å². The maximum atomic E-state index is 14.0. The second-order valence-corrected chi connectivity index (χ2v) is 11.2. The molecule has 3 aliphatic rings. The van der Waals surface area contributed by atoms with Gasteiger partial charge in [-0.05, 0) is 51.5 Å². The summed E-state index contributed by atoms with van der Waals surface area (Å²) in [5, 5.41) is 45.7. The number of rotatable bonds is 7. The number of nitrogens with zero attached hydrogens (tertiary/aromatic N) is 3. The summed E-state index contributed by atoms with van der Waals surface area (Å²) >= 11 is 0. The molecule has 4 unspecified atom stereocenters. The molecule has 1 aromatic rings. The first-order chi connectivity index (χ1) is 18.2. The maximum Gasteiger partial charge on any atom is 0.348 e. The Hall–Kier alpha value is -3.51. The van der Waals surface area contributed by atoms with Gasteiger partial charge in [-0.15, -0.1) is 6.58 Å². The minimum atomic E-state index is -2.62. The number of aliphatic hydroxyl groups excluding tert-OH is 2. The Morgan fingerprint density at radius 1 is 1.18 bits per heavy atom. The minimum Gasteiger partial charge on any atom is -0.508 e. The average Bonchev–Trinajstić information content (AvgIpc) is 2.82. The van der Waals surface area contributed by atoms with Gasteiger partial charge in [0.25, 0.3) is 0 Å². The minimum absolute atomic E-state index is 0.0653. The number of phenols is 1. The summed E-state index contributed by atoms with van der Waals surface area (Å²) in [4.78, 5) is 44.8. The van der Waals surface area contributed by atoms with Crippen molar-refractivity contribution in [1.82, 2.24) is 9.80 Å². The van der Waals surface area contributed by atoms with E-state index in [-0.39, 0.29) is 29.7 Å². The number of carbonyl (C=O) groups excluding carboxylic acids is 3. The summed E-state index contributed by atoms with van der Waals surface area (Å²) in [7, 11) is 8.72. The summed E-state index contributed by atoms with van der Waals surface area (Å²) in [5.41, 5.74) is 1.75. The van der Waals surface area contributed by atoms with Crippen LogP contribution in [-0.2, 0) is 27.3 Å². The largest absolute Gasteiger partial charge is 0.508 e. The molecule has 210 valence electrons. The fourth-order valence-corrected chi connectivity index (χ4v) is 6.47. The van der Waals surface area contributed by atoms with Crippen molar-refractivity contribution < 1.29 is 40.5 Å².